The lowest BCUT2D eigenvalue weighted by molar-refractivity contribution is -0.134. The van der Waals surface area contributed by atoms with Crippen LogP contribution in [0.3, 0.4) is 0 Å². The number of halogens is 1. The van der Waals surface area contributed by atoms with Crippen LogP contribution in [0.4, 0.5) is 10.5 Å². The summed E-state index contributed by atoms with van der Waals surface area (Å²) in [5.41, 5.74) is 9.43. The van der Waals surface area contributed by atoms with Crippen LogP contribution in [0.25, 0.3) is 11.1 Å². The summed E-state index contributed by atoms with van der Waals surface area (Å²) in [5, 5.41) is 2.75. The summed E-state index contributed by atoms with van der Waals surface area (Å²) in [4.78, 5) is 32.5. The summed E-state index contributed by atoms with van der Waals surface area (Å²) in [6, 6.07) is 10.6. The monoisotopic (exact) mass is 605 g/mol. The van der Waals surface area contributed by atoms with Gasteiger partial charge in [0.05, 0.1) is 18.8 Å². The second-order valence-electron chi connectivity index (χ2n) is 12.6. The molecule has 0 aromatic heterocycles. The Labute approximate surface area is 246 Å². The summed E-state index contributed by atoms with van der Waals surface area (Å²) in [5.74, 6) is -0.0946. The van der Waals surface area contributed by atoms with E-state index in [4.69, 9.17) is 9.73 Å². The highest BCUT2D eigenvalue weighted by Gasteiger charge is 2.41. The van der Waals surface area contributed by atoms with Gasteiger partial charge in [-0.2, -0.15) is 0 Å². The van der Waals surface area contributed by atoms with Crippen molar-refractivity contribution in [3.63, 3.8) is 0 Å². The Morgan fingerprint density at radius 1 is 1.07 bits per heavy atom. The first kappa shape index (κ1) is 27.5. The van der Waals surface area contributed by atoms with Crippen molar-refractivity contribution in [3.05, 3.63) is 51.5 Å². The minimum absolute atomic E-state index is 0.0351. The number of carbonyl (C=O) groups is 2. The van der Waals surface area contributed by atoms with Crippen molar-refractivity contribution in [1.29, 1.82) is 0 Å². The number of fused-ring (bicyclic) bond motifs is 2. The summed E-state index contributed by atoms with van der Waals surface area (Å²) >= 11 is 3.87. The molecule has 2 heterocycles. The molecule has 6 nitrogen and oxygen atoms in total. The smallest absolute Gasteiger partial charge is 0.407 e. The number of aliphatic imine (C=N–C) groups is 1. The number of carbonyl (C=O) groups excluding carboxylic acids is 2. The molecule has 2 aromatic carbocycles. The van der Waals surface area contributed by atoms with E-state index in [1.807, 2.05) is 18.7 Å². The Bertz CT molecular complexity index is 1360. The molecule has 40 heavy (non-hydrogen) atoms. The summed E-state index contributed by atoms with van der Waals surface area (Å²) in [6.07, 6.45) is 11.2. The topological polar surface area (TPSA) is 71.0 Å². The molecule has 2 amide bonds. The van der Waals surface area contributed by atoms with Gasteiger partial charge in [-0.3, -0.25) is 9.79 Å². The van der Waals surface area contributed by atoms with Gasteiger partial charge in [0.1, 0.15) is 6.04 Å². The van der Waals surface area contributed by atoms with E-state index in [2.05, 4.69) is 51.6 Å². The van der Waals surface area contributed by atoms with Crippen LogP contribution < -0.4 is 5.32 Å². The predicted octanol–water partition coefficient (Wildman–Crippen LogP) is 7.17. The van der Waals surface area contributed by atoms with E-state index in [0.717, 1.165) is 30.7 Å². The number of benzene rings is 2. The molecule has 7 heteroatoms. The fourth-order valence-electron chi connectivity index (χ4n) is 7.64. The lowest BCUT2D eigenvalue weighted by Crippen LogP contribution is -2.53. The number of hydrogen-bond acceptors (Lipinski definition) is 4. The van der Waals surface area contributed by atoms with E-state index < -0.39 is 12.1 Å². The highest BCUT2D eigenvalue weighted by molar-refractivity contribution is 9.10. The van der Waals surface area contributed by atoms with Crippen molar-refractivity contribution in [2.24, 2.45) is 16.3 Å². The highest BCUT2D eigenvalue weighted by atomic mass is 79.9. The Balaban J connectivity index is 1.22. The number of rotatable bonds is 5. The molecule has 1 spiro atoms. The average molecular weight is 607 g/mol. The predicted molar refractivity (Wildman–Crippen MR) is 162 cm³/mol. The van der Waals surface area contributed by atoms with E-state index in [9.17, 15) is 9.59 Å². The van der Waals surface area contributed by atoms with Gasteiger partial charge in [0.15, 0.2) is 0 Å². The minimum Gasteiger partial charge on any atom is -0.453 e. The van der Waals surface area contributed by atoms with Gasteiger partial charge >= 0.3 is 6.09 Å². The molecule has 2 fully saturated rings. The molecule has 0 bridgehead atoms. The lowest BCUT2D eigenvalue weighted by Gasteiger charge is -2.33. The molecule has 212 valence electrons. The number of nitrogens with zero attached hydrogens (tertiary/aromatic N) is 2. The van der Waals surface area contributed by atoms with Gasteiger partial charge in [-0.15, -0.1) is 0 Å². The van der Waals surface area contributed by atoms with E-state index in [1.54, 1.807) is 0 Å². The number of nitrogens with one attached hydrogen (secondary N) is 1. The number of alkyl carbamates (subject to hydrolysis) is 1. The third-order valence-corrected chi connectivity index (χ3v) is 10.5. The molecular weight excluding hydrogens is 566 g/mol. The highest BCUT2D eigenvalue weighted by Crippen LogP contribution is 2.51. The SMILES string of the molecule is COC(=O)NC(C(=O)N1CCC[C@H]1C1=Nc2ccc(-c3ccc(Br)c4c3CC3(CCCCC3)C4)cc2C1)C(C)C. The van der Waals surface area contributed by atoms with Crippen molar-refractivity contribution in [2.75, 3.05) is 13.7 Å². The van der Waals surface area contributed by atoms with Gasteiger partial charge in [0, 0.05) is 23.1 Å². The summed E-state index contributed by atoms with van der Waals surface area (Å²) < 4.78 is 6.04. The minimum atomic E-state index is -0.615. The number of methoxy groups -OCH3 is 1. The molecule has 2 aliphatic heterocycles. The molecule has 1 saturated heterocycles. The first-order valence-electron chi connectivity index (χ1n) is 14.9. The summed E-state index contributed by atoms with van der Waals surface area (Å²) in [7, 11) is 1.32. The molecule has 1 N–H and O–H groups in total. The second kappa shape index (κ2) is 11.0. The molecule has 2 atom stereocenters. The maximum atomic E-state index is 13.6. The zero-order valence-electron chi connectivity index (χ0n) is 23.9. The molecule has 0 radical (unpaired) electrons. The van der Waals surface area contributed by atoms with Gasteiger partial charge in [-0.1, -0.05) is 61.2 Å². The van der Waals surface area contributed by atoms with Crippen LogP contribution in [0.15, 0.2) is 39.8 Å². The van der Waals surface area contributed by atoms with Crippen LogP contribution in [0.5, 0.6) is 0 Å². The lowest BCUT2D eigenvalue weighted by atomic mass is 9.72. The van der Waals surface area contributed by atoms with E-state index in [0.29, 0.717) is 12.0 Å². The van der Waals surface area contributed by atoms with Crippen LogP contribution in [0.2, 0.25) is 0 Å². The Hall–Kier alpha value is -2.67. The van der Waals surface area contributed by atoms with Gasteiger partial charge in [0.2, 0.25) is 5.91 Å². The Morgan fingerprint density at radius 3 is 2.60 bits per heavy atom. The number of hydrogen-bond donors (Lipinski definition) is 1. The molecule has 1 unspecified atom stereocenters. The van der Waals surface area contributed by atoms with Crippen LogP contribution in [0, 0.1) is 11.3 Å². The Morgan fingerprint density at radius 2 is 1.85 bits per heavy atom. The van der Waals surface area contributed by atoms with Crippen LogP contribution in [0.1, 0.15) is 75.5 Å². The van der Waals surface area contributed by atoms with E-state index >= 15 is 0 Å². The van der Waals surface area contributed by atoms with Gasteiger partial charge < -0.3 is 15.0 Å². The van der Waals surface area contributed by atoms with Gasteiger partial charge in [-0.25, -0.2) is 4.79 Å². The number of ether oxygens (including phenoxy) is 1. The van der Waals surface area contributed by atoms with Crippen LogP contribution in [-0.2, 0) is 28.8 Å². The molecule has 2 aliphatic carbocycles. The van der Waals surface area contributed by atoms with E-state index in [-0.39, 0.29) is 17.9 Å². The maximum absolute atomic E-state index is 13.6. The molecule has 2 aromatic rings. The van der Waals surface area contributed by atoms with Gasteiger partial charge in [-0.05, 0) is 95.9 Å². The third-order valence-electron chi connectivity index (χ3n) is 9.73. The largest absolute Gasteiger partial charge is 0.453 e. The van der Waals surface area contributed by atoms with Crippen LogP contribution >= 0.6 is 15.9 Å². The van der Waals surface area contributed by atoms with Crippen LogP contribution in [-0.4, -0.2) is 48.4 Å². The molecule has 6 rings (SSSR count). The van der Waals surface area contributed by atoms with Crippen molar-refractivity contribution in [1.82, 2.24) is 10.2 Å². The van der Waals surface area contributed by atoms with Crippen molar-refractivity contribution < 1.29 is 14.3 Å². The third kappa shape index (κ3) is 4.99. The fraction of sp³-hybridized carbons (Fsp3) is 0.545. The number of likely N-dealkylation sites (tertiary alicyclic amines) is 1. The molecule has 4 aliphatic rings. The molecule has 1 saturated carbocycles. The van der Waals surface area contributed by atoms with Crippen molar-refractivity contribution in [3.8, 4) is 11.1 Å². The summed E-state index contributed by atoms with van der Waals surface area (Å²) in [6.45, 7) is 4.58. The second-order valence-corrected chi connectivity index (χ2v) is 13.5. The fourth-order valence-corrected chi connectivity index (χ4v) is 8.15. The maximum Gasteiger partial charge on any atom is 0.407 e. The number of amides is 2. The van der Waals surface area contributed by atoms with Gasteiger partial charge in [0.25, 0.3) is 0 Å². The average Bonchev–Trinajstić information content (AvgIpc) is 3.68. The molecular formula is C33H40BrN3O3. The standard InChI is InChI=1S/C33H40BrN3O3/c1-20(2)30(36-32(39)40-3)31(38)37-15-7-8-29(37)28-17-22-16-21(9-12-27(22)35-28)23-10-11-26(34)25-19-33(18-24(23)25)13-5-4-6-14-33/h9-12,16,20,29-30H,4-8,13-15,17-19H2,1-3H3,(H,36,39)/t29-,30?/m0/s1. The zero-order valence-corrected chi connectivity index (χ0v) is 25.5. The first-order chi connectivity index (χ1) is 19.3. The van der Waals surface area contributed by atoms with Crippen molar-refractivity contribution in [2.45, 2.75) is 90.1 Å². The first-order valence-corrected chi connectivity index (χ1v) is 15.7. The Kier molecular flexibility index (Phi) is 7.53. The quantitative estimate of drug-likeness (QED) is 0.393. The van der Waals surface area contributed by atoms with E-state index in [1.165, 1.54) is 84.3 Å². The normalized spacial score (nSPS) is 21.8. The zero-order chi connectivity index (χ0) is 28.0. The van der Waals surface area contributed by atoms with Crippen molar-refractivity contribution >= 4 is 39.3 Å².